The molecule has 1 saturated carbocycles. The molecule has 0 radical (unpaired) electrons. The molecule has 2 aromatic rings. The van der Waals surface area contributed by atoms with Crippen molar-refractivity contribution in [2.24, 2.45) is 11.8 Å². The van der Waals surface area contributed by atoms with Crippen LogP contribution in [0, 0.1) is 11.8 Å². The third kappa shape index (κ3) is 4.73. The van der Waals surface area contributed by atoms with Crippen LogP contribution < -0.4 is 18.9 Å². The number of carboxylic acids is 1. The van der Waals surface area contributed by atoms with Gasteiger partial charge >= 0.3 is 5.97 Å². The van der Waals surface area contributed by atoms with Crippen LogP contribution in [-0.4, -0.2) is 49.9 Å². The largest absolute Gasteiger partial charge is 0.498 e. The number of hydrogen-bond donors (Lipinski definition) is 2. The summed E-state index contributed by atoms with van der Waals surface area (Å²) in [7, 11) is 1.57. The van der Waals surface area contributed by atoms with Gasteiger partial charge in [-0.1, -0.05) is 30.7 Å². The predicted octanol–water partition coefficient (Wildman–Crippen LogP) is 4.63. The van der Waals surface area contributed by atoms with Gasteiger partial charge in [-0.25, -0.2) is 0 Å². The zero-order valence-electron chi connectivity index (χ0n) is 21.0. The molecule has 0 bridgehead atoms. The van der Waals surface area contributed by atoms with E-state index in [-0.39, 0.29) is 31.8 Å². The first-order valence-electron chi connectivity index (χ1n) is 12.6. The highest BCUT2D eigenvalue weighted by Crippen LogP contribution is 2.60. The Kier molecular flexibility index (Phi) is 7.28. The SMILES string of the molecule is CCCOC1=CC=C2C(C1)[C@@H](c1ccc(OC)cc1OCCO)[C@H](C(=O)O)[C@H]2c1ccc2c(c1)OCO2. The summed E-state index contributed by atoms with van der Waals surface area (Å²) in [6.45, 7) is 2.75. The average molecular weight is 509 g/mol. The van der Waals surface area contributed by atoms with Crippen LogP contribution in [-0.2, 0) is 9.53 Å². The van der Waals surface area contributed by atoms with Crippen molar-refractivity contribution in [3.05, 3.63) is 71.0 Å². The molecule has 2 N–H and O–H groups in total. The van der Waals surface area contributed by atoms with E-state index in [1.165, 1.54) is 0 Å². The summed E-state index contributed by atoms with van der Waals surface area (Å²) in [6, 6.07) is 11.1. The predicted molar refractivity (Wildman–Crippen MR) is 135 cm³/mol. The highest BCUT2D eigenvalue weighted by atomic mass is 16.7. The summed E-state index contributed by atoms with van der Waals surface area (Å²) in [6.07, 6.45) is 5.48. The molecule has 196 valence electrons. The van der Waals surface area contributed by atoms with Crippen molar-refractivity contribution in [2.75, 3.05) is 33.7 Å². The fourth-order valence-electron chi connectivity index (χ4n) is 5.80. The molecule has 8 nitrogen and oxygen atoms in total. The Balaban J connectivity index is 1.64. The Morgan fingerprint density at radius 2 is 1.89 bits per heavy atom. The first kappa shape index (κ1) is 25.0. The molecular weight excluding hydrogens is 476 g/mol. The molecule has 0 aromatic heterocycles. The van der Waals surface area contributed by atoms with Crippen LogP contribution in [0.5, 0.6) is 23.0 Å². The summed E-state index contributed by atoms with van der Waals surface area (Å²) in [5.41, 5.74) is 2.69. The molecule has 1 aliphatic heterocycles. The number of methoxy groups -OCH3 is 1. The molecule has 37 heavy (non-hydrogen) atoms. The number of carboxylic acid groups (broad SMARTS) is 1. The van der Waals surface area contributed by atoms with Gasteiger partial charge in [-0.2, -0.15) is 0 Å². The number of fused-ring (bicyclic) bond motifs is 2. The lowest BCUT2D eigenvalue weighted by Crippen LogP contribution is -2.25. The van der Waals surface area contributed by atoms with Gasteiger partial charge in [0.25, 0.3) is 0 Å². The van der Waals surface area contributed by atoms with Gasteiger partial charge in [-0.15, -0.1) is 0 Å². The van der Waals surface area contributed by atoms with Crippen LogP contribution in [0.4, 0.5) is 0 Å². The van der Waals surface area contributed by atoms with Gasteiger partial charge in [0.15, 0.2) is 11.5 Å². The summed E-state index contributed by atoms with van der Waals surface area (Å²) in [4.78, 5) is 13.0. The minimum absolute atomic E-state index is 0.0916. The van der Waals surface area contributed by atoms with E-state index in [1.807, 2.05) is 42.5 Å². The Labute approximate surface area is 216 Å². The number of hydrogen-bond acceptors (Lipinski definition) is 7. The third-order valence-electron chi connectivity index (χ3n) is 7.31. The van der Waals surface area contributed by atoms with Gasteiger partial charge in [0.1, 0.15) is 18.1 Å². The smallest absolute Gasteiger partial charge is 0.308 e. The molecule has 3 aliphatic rings. The van der Waals surface area contributed by atoms with Crippen molar-refractivity contribution in [1.82, 2.24) is 0 Å². The number of allylic oxidation sites excluding steroid dienone is 4. The summed E-state index contributed by atoms with van der Waals surface area (Å²) >= 11 is 0. The van der Waals surface area contributed by atoms with Crippen molar-refractivity contribution in [3.63, 3.8) is 0 Å². The van der Waals surface area contributed by atoms with Gasteiger partial charge in [0.05, 0.1) is 32.0 Å². The van der Waals surface area contributed by atoms with Gasteiger partial charge in [-0.3, -0.25) is 4.79 Å². The maximum absolute atomic E-state index is 13.0. The molecule has 0 spiro atoms. The van der Waals surface area contributed by atoms with Crippen molar-refractivity contribution < 1.29 is 38.7 Å². The molecule has 2 aromatic carbocycles. The van der Waals surface area contributed by atoms with Gasteiger partial charge in [-0.05, 0) is 47.7 Å². The number of rotatable bonds is 10. The first-order valence-corrected chi connectivity index (χ1v) is 12.6. The standard InChI is InChI=1S/C29H32O8/c1-3-11-34-19-6-7-20-22(14-19)27(21-8-5-18(33-2)15-24(21)35-12-10-30)28(29(31)32)26(20)17-4-9-23-25(13-17)37-16-36-23/h4-9,13,15,22,26-28,30H,3,10-12,14,16H2,1-2H3,(H,31,32)/t22?,26-,27+,28+/m0/s1. The van der Waals surface area contributed by atoms with E-state index in [2.05, 4.69) is 6.92 Å². The number of aliphatic carboxylic acids is 1. The lowest BCUT2D eigenvalue weighted by atomic mass is 9.78. The molecule has 0 saturated heterocycles. The van der Waals surface area contributed by atoms with E-state index < -0.39 is 17.8 Å². The van der Waals surface area contributed by atoms with Gasteiger partial charge in [0, 0.05) is 24.3 Å². The van der Waals surface area contributed by atoms with E-state index in [9.17, 15) is 15.0 Å². The van der Waals surface area contributed by atoms with Crippen LogP contribution in [0.25, 0.3) is 0 Å². The van der Waals surface area contributed by atoms with E-state index in [4.69, 9.17) is 23.7 Å². The zero-order chi connectivity index (χ0) is 25.9. The third-order valence-corrected chi connectivity index (χ3v) is 7.31. The highest BCUT2D eigenvalue weighted by molar-refractivity contribution is 5.76. The second-order valence-electron chi connectivity index (χ2n) is 9.41. The van der Waals surface area contributed by atoms with E-state index in [0.29, 0.717) is 36.0 Å². The lowest BCUT2D eigenvalue weighted by molar-refractivity contribution is -0.142. The first-order chi connectivity index (χ1) is 18.0. The minimum atomic E-state index is -0.886. The van der Waals surface area contributed by atoms with E-state index in [0.717, 1.165) is 28.9 Å². The Morgan fingerprint density at radius 3 is 2.65 bits per heavy atom. The van der Waals surface area contributed by atoms with E-state index in [1.54, 1.807) is 13.2 Å². The number of carbonyl (C=O) groups is 1. The Bertz CT molecular complexity index is 1220. The summed E-state index contributed by atoms with van der Waals surface area (Å²) in [5.74, 6) is 0.706. The Morgan fingerprint density at radius 1 is 1.05 bits per heavy atom. The molecule has 2 aliphatic carbocycles. The molecule has 5 rings (SSSR count). The van der Waals surface area contributed by atoms with Crippen LogP contribution in [0.2, 0.25) is 0 Å². The van der Waals surface area contributed by atoms with E-state index >= 15 is 0 Å². The molecule has 0 amide bonds. The second-order valence-corrected chi connectivity index (χ2v) is 9.41. The second kappa shape index (κ2) is 10.8. The monoisotopic (exact) mass is 508 g/mol. The zero-order valence-corrected chi connectivity index (χ0v) is 21.0. The maximum Gasteiger partial charge on any atom is 0.308 e. The lowest BCUT2D eigenvalue weighted by Gasteiger charge is -2.28. The number of aliphatic hydroxyl groups excluding tert-OH is 1. The fraction of sp³-hybridized carbons (Fsp3) is 0.414. The van der Waals surface area contributed by atoms with Crippen LogP contribution >= 0.6 is 0 Å². The molecular formula is C29H32O8. The number of benzene rings is 2. The molecule has 1 unspecified atom stereocenters. The normalized spacial score (nSPS) is 23.6. The highest BCUT2D eigenvalue weighted by Gasteiger charge is 2.53. The summed E-state index contributed by atoms with van der Waals surface area (Å²) < 4.78 is 28.4. The van der Waals surface area contributed by atoms with Crippen LogP contribution in [0.1, 0.15) is 42.7 Å². The number of aliphatic hydroxyl groups is 1. The van der Waals surface area contributed by atoms with Gasteiger partial charge < -0.3 is 33.9 Å². The molecule has 8 heteroatoms. The van der Waals surface area contributed by atoms with Crippen molar-refractivity contribution >= 4 is 5.97 Å². The average Bonchev–Trinajstić information content (AvgIpc) is 3.52. The van der Waals surface area contributed by atoms with Crippen LogP contribution in [0.15, 0.2) is 59.9 Å². The Hall–Kier alpha value is -3.65. The van der Waals surface area contributed by atoms with Crippen LogP contribution in [0.3, 0.4) is 0 Å². The quantitative estimate of drug-likeness (QED) is 0.479. The minimum Gasteiger partial charge on any atom is -0.498 e. The molecule has 4 atom stereocenters. The molecule has 1 fully saturated rings. The topological polar surface area (TPSA) is 104 Å². The fourth-order valence-corrected chi connectivity index (χ4v) is 5.80. The summed E-state index contributed by atoms with van der Waals surface area (Å²) in [5, 5.41) is 20.1. The van der Waals surface area contributed by atoms with Crippen molar-refractivity contribution in [1.29, 1.82) is 0 Å². The maximum atomic E-state index is 13.0. The van der Waals surface area contributed by atoms with Gasteiger partial charge in [0.2, 0.25) is 6.79 Å². The van der Waals surface area contributed by atoms with Crippen molar-refractivity contribution in [3.8, 4) is 23.0 Å². The molecule has 1 heterocycles. The van der Waals surface area contributed by atoms with Crippen molar-refractivity contribution in [2.45, 2.75) is 31.6 Å². The number of ether oxygens (including phenoxy) is 5.